The Bertz CT molecular complexity index is 1310. The predicted molar refractivity (Wildman–Crippen MR) is 109 cm³/mol. The van der Waals surface area contributed by atoms with Gasteiger partial charge >= 0.3 is 6.18 Å². The van der Waals surface area contributed by atoms with Crippen molar-refractivity contribution in [2.75, 3.05) is 36.8 Å². The van der Waals surface area contributed by atoms with Gasteiger partial charge in [0, 0.05) is 18.7 Å². The van der Waals surface area contributed by atoms with Gasteiger partial charge in [-0.1, -0.05) is 12.1 Å². The number of halogens is 3. The standard InChI is InChI=1S/C20H16F3N7O2S/c21-20(22,23)16-3-1-2-4-17(16)33(31,32)30-9-7-29(8-10-30)19-15(12-26)13(5-6-24)14(11-25)18(27)28-19/h1-4H,5,7-10H2,(H2,27,28)/p+1. The van der Waals surface area contributed by atoms with E-state index < -0.39 is 26.7 Å². The zero-order valence-electron chi connectivity index (χ0n) is 17.0. The number of rotatable bonds is 4. The number of hydrogen-bond donors (Lipinski definition) is 1. The van der Waals surface area contributed by atoms with Crippen molar-refractivity contribution < 1.29 is 26.6 Å². The second kappa shape index (κ2) is 8.94. The molecule has 9 nitrogen and oxygen atoms in total. The van der Waals surface area contributed by atoms with Crippen LogP contribution in [0.1, 0.15) is 22.3 Å². The second-order valence-corrected chi connectivity index (χ2v) is 8.97. The van der Waals surface area contributed by atoms with E-state index in [0.717, 1.165) is 16.4 Å². The number of H-pyrrole nitrogens is 1. The summed E-state index contributed by atoms with van der Waals surface area (Å²) in [6, 6.07) is 9.67. The summed E-state index contributed by atoms with van der Waals surface area (Å²) >= 11 is 0. The minimum absolute atomic E-state index is 0.0261. The Morgan fingerprint density at radius 1 is 1.03 bits per heavy atom. The lowest BCUT2D eigenvalue weighted by atomic mass is 10.0. The fourth-order valence-corrected chi connectivity index (χ4v) is 5.28. The van der Waals surface area contributed by atoms with Gasteiger partial charge in [-0.15, -0.1) is 0 Å². The second-order valence-electron chi connectivity index (χ2n) is 7.06. The summed E-state index contributed by atoms with van der Waals surface area (Å²) in [5.74, 6) is 0.165. The van der Waals surface area contributed by atoms with Crippen molar-refractivity contribution >= 4 is 21.7 Å². The van der Waals surface area contributed by atoms with Crippen LogP contribution < -0.4 is 15.6 Å². The molecule has 1 aromatic carbocycles. The average Bonchev–Trinajstić information content (AvgIpc) is 2.78. The first-order valence-electron chi connectivity index (χ1n) is 9.52. The number of nitriles is 3. The van der Waals surface area contributed by atoms with E-state index in [-0.39, 0.29) is 60.9 Å². The van der Waals surface area contributed by atoms with Crippen molar-refractivity contribution in [3.8, 4) is 18.2 Å². The van der Waals surface area contributed by atoms with Crippen LogP contribution in [-0.2, 0) is 22.6 Å². The number of pyridine rings is 1. The number of nitrogens with two attached hydrogens (primary N) is 1. The van der Waals surface area contributed by atoms with Gasteiger partial charge in [0.1, 0.15) is 23.3 Å². The lowest BCUT2D eigenvalue weighted by molar-refractivity contribution is -0.347. The molecule has 33 heavy (non-hydrogen) atoms. The third-order valence-electron chi connectivity index (χ3n) is 5.21. The fourth-order valence-electron chi connectivity index (χ4n) is 3.64. The fraction of sp³-hybridized carbons (Fsp3) is 0.300. The van der Waals surface area contributed by atoms with Crippen molar-refractivity contribution in [3.05, 3.63) is 46.5 Å². The summed E-state index contributed by atoms with van der Waals surface area (Å²) in [4.78, 5) is 3.55. The van der Waals surface area contributed by atoms with E-state index in [1.807, 2.05) is 18.2 Å². The number of hydrogen-bond acceptors (Lipinski definition) is 7. The molecule has 1 saturated heterocycles. The van der Waals surface area contributed by atoms with E-state index in [1.165, 1.54) is 6.07 Å². The van der Waals surface area contributed by atoms with E-state index in [0.29, 0.717) is 6.07 Å². The van der Waals surface area contributed by atoms with Crippen molar-refractivity contribution in [3.63, 3.8) is 0 Å². The average molecular weight is 476 g/mol. The quantitative estimate of drug-likeness (QED) is 0.700. The van der Waals surface area contributed by atoms with Crippen LogP contribution in [0.15, 0.2) is 29.2 Å². The molecule has 3 rings (SSSR count). The highest BCUT2D eigenvalue weighted by Crippen LogP contribution is 2.35. The first-order chi connectivity index (χ1) is 15.6. The molecule has 0 atom stereocenters. The molecule has 0 aliphatic carbocycles. The van der Waals surface area contributed by atoms with Gasteiger partial charge in [-0.2, -0.15) is 33.3 Å². The Morgan fingerprint density at radius 2 is 1.64 bits per heavy atom. The molecule has 1 aliphatic rings. The molecule has 1 aromatic heterocycles. The summed E-state index contributed by atoms with van der Waals surface area (Å²) in [7, 11) is -4.43. The molecule has 0 unspecified atom stereocenters. The summed E-state index contributed by atoms with van der Waals surface area (Å²) < 4.78 is 66.8. The van der Waals surface area contributed by atoms with Crippen LogP contribution in [-0.4, -0.2) is 38.9 Å². The summed E-state index contributed by atoms with van der Waals surface area (Å²) in [5.41, 5.74) is 4.80. The maximum atomic E-state index is 13.3. The van der Waals surface area contributed by atoms with Gasteiger partial charge in [-0.05, 0) is 12.1 Å². The SMILES string of the molecule is N#CCc1c(C#N)c(N)[nH+]c(N2CCN(S(=O)(=O)c3ccccc3C(F)(F)F)CC2)c1C#N. The Labute approximate surface area is 187 Å². The zero-order chi connectivity index (χ0) is 24.4. The number of anilines is 2. The Kier molecular flexibility index (Phi) is 6.45. The maximum absolute atomic E-state index is 13.3. The van der Waals surface area contributed by atoms with Crippen LogP contribution in [0.3, 0.4) is 0 Å². The molecular formula is C20H17F3N7O2S+. The van der Waals surface area contributed by atoms with Crippen molar-refractivity contribution in [2.24, 2.45) is 0 Å². The molecule has 0 saturated carbocycles. The Hall–Kier alpha value is -3.86. The van der Waals surface area contributed by atoms with E-state index in [4.69, 9.17) is 11.0 Å². The third kappa shape index (κ3) is 4.40. The van der Waals surface area contributed by atoms with Crippen molar-refractivity contribution in [1.29, 1.82) is 15.8 Å². The smallest absolute Gasteiger partial charge is 0.318 e. The number of nitrogens with zero attached hydrogens (tertiary/aromatic N) is 5. The number of aromatic amines is 1. The highest BCUT2D eigenvalue weighted by atomic mass is 32.2. The van der Waals surface area contributed by atoms with Crippen LogP contribution in [0.4, 0.5) is 24.8 Å². The number of aromatic nitrogens is 1. The normalized spacial score (nSPS) is 14.8. The van der Waals surface area contributed by atoms with Gasteiger partial charge in [0.2, 0.25) is 21.7 Å². The summed E-state index contributed by atoms with van der Waals surface area (Å²) in [6.07, 6.45) is -5.07. The number of benzene rings is 1. The van der Waals surface area contributed by atoms with Crippen molar-refractivity contribution in [2.45, 2.75) is 17.5 Å². The number of sulfonamides is 1. The number of nitrogen functional groups attached to an aromatic ring is 1. The topological polar surface area (TPSA) is 152 Å². The molecule has 2 aromatic rings. The Morgan fingerprint density at radius 3 is 2.18 bits per heavy atom. The van der Waals surface area contributed by atoms with E-state index in [1.54, 1.807) is 4.90 Å². The van der Waals surface area contributed by atoms with Gasteiger partial charge in [0.05, 0.1) is 36.0 Å². The monoisotopic (exact) mass is 476 g/mol. The van der Waals surface area contributed by atoms with Gasteiger partial charge in [-0.25, -0.2) is 13.4 Å². The van der Waals surface area contributed by atoms with Gasteiger partial charge in [-0.3, -0.25) is 4.90 Å². The Balaban J connectivity index is 1.92. The minimum Gasteiger partial charge on any atom is -0.318 e. The van der Waals surface area contributed by atoms with E-state index in [2.05, 4.69) is 4.98 Å². The molecule has 0 bridgehead atoms. The largest absolute Gasteiger partial charge is 0.417 e. The number of nitrogens with one attached hydrogen (secondary N) is 1. The molecule has 0 radical (unpaired) electrons. The molecule has 0 spiro atoms. The van der Waals surface area contributed by atoms with Crippen molar-refractivity contribution in [1.82, 2.24) is 4.31 Å². The van der Waals surface area contributed by atoms with Crippen LogP contribution in [0, 0.1) is 34.0 Å². The molecular weight excluding hydrogens is 459 g/mol. The first-order valence-corrected chi connectivity index (χ1v) is 11.0. The molecule has 0 amide bonds. The van der Waals surface area contributed by atoms with Crippen LogP contribution >= 0.6 is 0 Å². The molecule has 1 aliphatic heterocycles. The predicted octanol–water partition coefficient (Wildman–Crippen LogP) is 1.42. The van der Waals surface area contributed by atoms with Crippen LogP contribution in [0.5, 0.6) is 0 Å². The van der Waals surface area contributed by atoms with Crippen LogP contribution in [0.2, 0.25) is 0 Å². The van der Waals surface area contributed by atoms with Gasteiger partial charge < -0.3 is 5.73 Å². The minimum atomic E-state index is -4.83. The van der Waals surface area contributed by atoms with Gasteiger partial charge in [0.25, 0.3) is 0 Å². The number of alkyl halides is 3. The van der Waals surface area contributed by atoms with Crippen LogP contribution in [0.25, 0.3) is 0 Å². The third-order valence-corrected chi connectivity index (χ3v) is 7.16. The molecule has 2 heterocycles. The molecule has 3 N–H and O–H groups in total. The first kappa shape index (κ1) is 23.8. The molecule has 13 heteroatoms. The van der Waals surface area contributed by atoms with E-state index >= 15 is 0 Å². The molecule has 170 valence electrons. The maximum Gasteiger partial charge on any atom is 0.417 e. The highest BCUT2D eigenvalue weighted by molar-refractivity contribution is 7.89. The number of piperazine rings is 1. The van der Waals surface area contributed by atoms with Gasteiger partial charge in [0.15, 0.2) is 0 Å². The summed E-state index contributed by atoms with van der Waals surface area (Å²) in [5, 5.41) is 28.0. The van der Waals surface area contributed by atoms with E-state index in [9.17, 15) is 32.1 Å². The highest BCUT2D eigenvalue weighted by Gasteiger charge is 2.40. The summed E-state index contributed by atoms with van der Waals surface area (Å²) in [6.45, 7) is -0.229. The zero-order valence-corrected chi connectivity index (χ0v) is 17.8. The lowest BCUT2D eigenvalue weighted by Crippen LogP contribution is -2.50. The molecule has 1 fully saturated rings. The lowest BCUT2D eigenvalue weighted by Gasteiger charge is -2.32.